The Morgan fingerprint density at radius 3 is 2.53 bits per heavy atom. The minimum atomic E-state index is -0.173. The van der Waals surface area contributed by atoms with Crippen LogP contribution in [0, 0.1) is 6.92 Å². The Balaban J connectivity index is 1.58. The summed E-state index contributed by atoms with van der Waals surface area (Å²) in [6.07, 6.45) is 0. The van der Waals surface area contributed by atoms with E-state index in [2.05, 4.69) is 14.9 Å². The summed E-state index contributed by atoms with van der Waals surface area (Å²) in [4.78, 5) is 17.4. The number of imidazole rings is 1. The van der Waals surface area contributed by atoms with Crippen molar-refractivity contribution in [2.24, 2.45) is 0 Å². The van der Waals surface area contributed by atoms with E-state index in [-0.39, 0.29) is 5.91 Å². The molecule has 152 valence electrons. The molecule has 6 nitrogen and oxygen atoms in total. The average molecular weight is 401 g/mol. The topological polar surface area (TPSA) is 65.4 Å². The number of nitrogens with zero attached hydrogens (tertiary/aromatic N) is 2. The molecule has 6 heteroatoms. The van der Waals surface area contributed by atoms with Gasteiger partial charge in [-0.15, -0.1) is 0 Å². The van der Waals surface area contributed by atoms with Gasteiger partial charge in [-0.2, -0.15) is 0 Å². The average Bonchev–Trinajstić information content (AvgIpc) is 3.12. The third kappa shape index (κ3) is 3.72. The molecule has 0 atom stereocenters. The Hall–Kier alpha value is -3.80. The van der Waals surface area contributed by atoms with Crippen LogP contribution in [0.3, 0.4) is 0 Å². The maximum Gasteiger partial charge on any atom is 0.251 e. The van der Waals surface area contributed by atoms with Crippen LogP contribution in [0.2, 0.25) is 0 Å². The molecule has 0 aliphatic rings. The summed E-state index contributed by atoms with van der Waals surface area (Å²) in [5.74, 6) is 2.11. The van der Waals surface area contributed by atoms with Gasteiger partial charge in [-0.1, -0.05) is 18.2 Å². The molecule has 0 unspecified atom stereocenters. The first-order valence-electron chi connectivity index (χ1n) is 9.64. The number of benzene rings is 3. The van der Waals surface area contributed by atoms with Gasteiger partial charge in [-0.05, 0) is 55.5 Å². The fourth-order valence-electron chi connectivity index (χ4n) is 3.54. The van der Waals surface area contributed by atoms with Gasteiger partial charge >= 0.3 is 0 Å². The number of carbonyl (C=O) groups is 1. The van der Waals surface area contributed by atoms with Gasteiger partial charge in [0.25, 0.3) is 5.91 Å². The highest BCUT2D eigenvalue weighted by molar-refractivity contribution is 5.97. The summed E-state index contributed by atoms with van der Waals surface area (Å²) in [6, 6.07) is 21.1. The number of rotatable bonds is 6. The molecule has 1 aromatic heterocycles. The summed E-state index contributed by atoms with van der Waals surface area (Å²) in [6.45, 7) is 2.29. The first kappa shape index (κ1) is 19.5. The Bertz CT molecular complexity index is 1200. The van der Waals surface area contributed by atoms with Gasteiger partial charge in [-0.3, -0.25) is 9.36 Å². The number of aryl methyl sites for hydroxylation is 1. The van der Waals surface area contributed by atoms with Crippen molar-refractivity contribution in [1.82, 2.24) is 14.9 Å². The van der Waals surface area contributed by atoms with Crippen LogP contribution in [0.1, 0.15) is 21.7 Å². The smallest absolute Gasteiger partial charge is 0.251 e. The first-order chi connectivity index (χ1) is 14.6. The zero-order valence-electron chi connectivity index (χ0n) is 17.2. The second kappa shape index (κ2) is 8.29. The quantitative estimate of drug-likeness (QED) is 0.524. The molecule has 4 aromatic rings. The summed E-state index contributed by atoms with van der Waals surface area (Å²) >= 11 is 0. The van der Waals surface area contributed by atoms with Gasteiger partial charge in [0, 0.05) is 23.4 Å². The van der Waals surface area contributed by atoms with E-state index in [1.165, 1.54) is 0 Å². The van der Waals surface area contributed by atoms with E-state index in [1.807, 2.05) is 73.7 Å². The van der Waals surface area contributed by atoms with Gasteiger partial charge in [0.05, 0.1) is 25.3 Å². The highest BCUT2D eigenvalue weighted by atomic mass is 16.5. The van der Waals surface area contributed by atoms with Crippen molar-refractivity contribution in [2.45, 2.75) is 13.5 Å². The molecular formula is C24H23N3O3. The van der Waals surface area contributed by atoms with Gasteiger partial charge in [0.15, 0.2) is 0 Å². The van der Waals surface area contributed by atoms with Crippen molar-refractivity contribution < 1.29 is 14.3 Å². The lowest BCUT2D eigenvalue weighted by atomic mass is 10.1. The second-order valence-electron chi connectivity index (χ2n) is 6.89. The van der Waals surface area contributed by atoms with E-state index < -0.39 is 0 Å². The molecule has 3 aromatic carbocycles. The molecule has 1 N–H and O–H groups in total. The fraction of sp³-hybridized carbons (Fsp3) is 0.167. The lowest BCUT2D eigenvalue weighted by molar-refractivity contribution is 0.0950. The molecule has 30 heavy (non-hydrogen) atoms. The molecule has 0 radical (unpaired) electrons. The minimum absolute atomic E-state index is 0.173. The van der Waals surface area contributed by atoms with Crippen LogP contribution in [0.4, 0.5) is 0 Å². The Morgan fingerprint density at radius 2 is 1.80 bits per heavy atom. The number of nitrogens with one attached hydrogen (secondary N) is 1. The monoisotopic (exact) mass is 401 g/mol. The Morgan fingerprint density at radius 1 is 1.00 bits per heavy atom. The maximum atomic E-state index is 12.8. The van der Waals surface area contributed by atoms with Crippen molar-refractivity contribution in [2.75, 3.05) is 14.2 Å². The third-order valence-corrected chi connectivity index (χ3v) is 5.03. The van der Waals surface area contributed by atoms with E-state index in [1.54, 1.807) is 14.2 Å². The molecular weight excluding hydrogens is 378 g/mol. The molecule has 0 saturated heterocycles. The first-order valence-corrected chi connectivity index (χ1v) is 9.64. The van der Waals surface area contributed by atoms with Crippen molar-refractivity contribution in [3.8, 4) is 17.2 Å². The fourth-order valence-corrected chi connectivity index (χ4v) is 3.54. The molecule has 0 fully saturated rings. The summed E-state index contributed by atoms with van der Waals surface area (Å²) in [5, 5.41) is 2.95. The summed E-state index contributed by atoms with van der Waals surface area (Å²) in [5.41, 5.74) is 4.19. The van der Waals surface area contributed by atoms with Crippen molar-refractivity contribution in [3.05, 3.63) is 83.7 Å². The number of fused-ring (bicyclic) bond motifs is 1. The van der Waals surface area contributed by atoms with E-state index >= 15 is 0 Å². The van der Waals surface area contributed by atoms with Crippen molar-refractivity contribution in [1.29, 1.82) is 0 Å². The number of aromatic nitrogens is 2. The van der Waals surface area contributed by atoms with E-state index in [9.17, 15) is 4.79 Å². The largest absolute Gasteiger partial charge is 0.497 e. The van der Waals surface area contributed by atoms with E-state index in [0.717, 1.165) is 28.1 Å². The molecule has 0 bridgehead atoms. The van der Waals surface area contributed by atoms with Crippen LogP contribution in [-0.2, 0) is 6.54 Å². The van der Waals surface area contributed by atoms with Crippen LogP contribution in [0.15, 0.2) is 66.7 Å². The predicted molar refractivity (Wildman–Crippen MR) is 117 cm³/mol. The van der Waals surface area contributed by atoms with Crippen molar-refractivity contribution >= 4 is 16.9 Å². The number of carbonyl (C=O) groups excluding carboxylic acids is 1. The molecule has 0 aliphatic carbocycles. The van der Waals surface area contributed by atoms with Crippen LogP contribution in [0.5, 0.6) is 11.5 Å². The van der Waals surface area contributed by atoms with Gasteiger partial charge in [0.1, 0.15) is 17.3 Å². The molecule has 1 amide bonds. The van der Waals surface area contributed by atoms with Crippen molar-refractivity contribution in [3.63, 3.8) is 0 Å². The second-order valence-corrected chi connectivity index (χ2v) is 6.89. The normalized spacial score (nSPS) is 10.8. The predicted octanol–water partition coefficient (Wildman–Crippen LogP) is 4.28. The zero-order valence-corrected chi connectivity index (χ0v) is 17.2. The minimum Gasteiger partial charge on any atom is -0.497 e. The highest BCUT2D eigenvalue weighted by Gasteiger charge is 2.13. The van der Waals surface area contributed by atoms with Crippen LogP contribution in [0.25, 0.3) is 16.7 Å². The summed E-state index contributed by atoms with van der Waals surface area (Å²) < 4.78 is 12.7. The summed E-state index contributed by atoms with van der Waals surface area (Å²) in [7, 11) is 3.21. The van der Waals surface area contributed by atoms with Crippen LogP contribution < -0.4 is 14.8 Å². The van der Waals surface area contributed by atoms with Gasteiger partial charge < -0.3 is 14.8 Å². The van der Waals surface area contributed by atoms with Gasteiger partial charge in [0.2, 0.25) is 0 Å². The molecule has 0 spiro atoms. The lowest BCUT2D eigenvalue weighted by Gasteiger charge is -2.11. The standard InChI is InChI=1S/C24H23N3O3/c1-16-26-21-14-17(9-11-22(21)27(16)19-7-5-4-6-8-19)24(28)25-15-18-13-20(29-2)10-12-23(18)30-3/h4-14H,15H2,1-3H3,(H,25,28). The Kier molecular flexibility index (Phi) is 5.39. The molecule has 0 aliphatic heterocycles. The number of para-hydroxylation sites is 1. The number of amides is 1. The van der Waals surface area contributed by atoms with Crippen LogP contribution in [-0.4, -0.2) is 29.7 Å². The number of methoxy groups -OCH3 is 2. The maximum absolute atomic E-state index is 12.8. The molecule has 0 saturated carbocycles. The highest BCUT2D eigenvalue weighted by Crippen LogP contribution is 2.25. The Labute approximate surface area is 175 Å². The lowest BCUT2D eigenvalue weighted by Crippen LogP contribution is -2.23. The zero-order chi connectivity index (χ0) is 21.1. The van der Waals surface area contributed by atoms with E-state index in [0.29, 0.717) is 23.6 Å². The SMILES string of the molecule is COc1ccc(OC)c(CNC(=O)c2ccc3c(c2)nc(C)n3-c2ccccc2)c1. The number of hydrogen-bond donors (Lipinski definition) is 1. The molecule has 1 heterocycles. The van der Waals surface area contributed by atoms with Crippen LogP contribution >= 0.6 is 0 Å². The number of hydrogen-bond acceptors (Lipinski definition) is 4. The molecule has 4 rings (SSSR count). The van der Waals surface area contributed by atoms with Gasteiger partial charge in [-0.25, -0.2) is 4.98 Å². The van der Waals surface area contributed by atoms with E-state index in [4.69, 9.17) is 9.47 Å². The number of ether oxygens (including phenoxy) is 2. The third-order valence-electron chi connectivity index (χ3n) is 5.03.